The molecule has 11 heteroatoms. The number of para-hydroxylation sites is 1. The van der Waals surface area contributed by atoms with Crippen LogP contribution in [-0.2, 0) is 7.05 Å². The highest BCUT2D eigenvalue weighted by molar-refractivity contribution is 6.04. The molecule has 0 aliphatic carbocycles. The second kappa shape index (κ2) is 6.48. The molecule has 0 amide bonds. The summed E-state index contributed by atoms with van der Waals surface area (Å²) in [7, 11) is 1.85. The number of nitrogens with zero attached hydrogens (tertiary/aromatic N) is 6. The van der Waals surface area contributed by atoms with Gasteiger partial charge in [0.15, 0.2) is 11.5 Å². The van der Waals surface area contributed by atoms with E-state index in [1.165, 1.54) is 4.52 Å². The van der Waals surface area contributed by atoms with Gasteiger partial charge in [0.1, 0.15) is 29.9 Å². The van der Waals surface area contributed by atoms with Crippen molar-refractivity contribution in [1.82, 2.24) is 29.4 Å². The van der Waals surface area contributed by atoms with Crippen molar-refractivity contribution >= 4 is 27.8 Å². The van der Waals surface area contributed by atoms with Crippen LogP contribution in [0.2, 0.25) is 0 Å². The van der Waals surface area contributed by atoms with Gasteiger partial charge in [0, 0.05) is 12.4 Å². The molecule has 142 valence electrons. The summed E-state index contributed by atoms with van der Waals surface area (Å²) in [4.78, 5) is 4.42. The van der Waals surface area contributed by atoms with Crippen molar-refractivity contribution in [1.29, 1.82) is 0 Å². The molecule has 0 spiro atoms. The van der Waals surface area contributed by atoms with Crippen LogP contribution in [0.5, 0.6) is 0 Å². The zero-order chi connectivity index (χ0) is 19.3. The fourth-order valence-electron chi connectivity index (χ4n) is 3.09. The molecule has 4 rings (SSSR count). The Labute approximate surface area is 151 Å². The Morgan fingerprint density at radius 1 is 1.04 bits per heavy atom. The molecule has 0 unspecified atom stereocenters. The summed E-state index contributed by atoms with van der Waals surface area (Å²) >= 11 is 0. The predicted molar refractivity (Wildman–Crippen MR) is 92.6 cm³/mol. The number of rotatable bonds is 5. The van der Waals surface area contributed by atoms with Gasteiger partial charge in [-0.2, -0.15) is 14.6 Å². The van der Waals surface area contributed by atoms with Gasteiger partial charge in [-0.05, 0) is 6.07 Å². The molecule has 1 aromatic carbocycles. The van der Waals surface area contributed by atoms with E-state index in [4.69, 9.17) is 5.11 Å². The van der Waals surface area contributed by atoms with Crippen molar-refractivity contribution in [2.24, 2.45) is 7.05 Å². The maximum Gasteiger partial charge on any atom is 0.274 e. The van der Waals surface area contributed by atoms with Gasteiger partial charge in [0.2, 0.25) is 0 Å². The molecule has 0 saturated carbocycles. The van der Waals surface area contributed by atoms with Crippen LogP contribution in [0.15, 0.2) is 24.3 Å². The Bertz CT molecular complexity index is 1120. The van der Waals surface area contributed by atoms with Crippen molar-refractivity contribution in [2.75, 3.05) is 6.61 Å². The summed E-state index contributed by atoms with van der Waals surface area (Å²) < 4.78 is 3.04. The Balaban J connectivity index is 1.85. The number of hydrogen-bond acceptors (Lipinski definition) is 9. The van der Waals surface area contributed by atoms with Gasteiger partial charge in [0.05, 0.1) is 12.1 Å². The molecule has 0 aliphatic heterocycles. The van der Waals surface area contributed by atoms with Crippen LogP contribution in [0, 0.1) is 0 Å². The second-order valence-electron chi connectivity index (χ2n) is 6.31. The predicted octanol–water partition coefficient (Wildman–Crippen LogP) is -1.73. The van der Waals surface area contributed by atoms with E-state index in [-0.39, 0.29) is 11.6 Å². The first-order valence-corrected chi connectivity index (χ1v) is 8.23. The highest BCUT2D eigenvalue weighted by Crippen LogP contribution is 2.26. The lowest BCUT2D eigenvalue weighted by Gasteiger charge is -2.24. The third kappa shape index (κ3) is 2.64. The SMILES string of the molecule is Cn1c2ccccc2c2nn3c([C@H](O)[C@@H](O)[C@@H](O)[C@H](O)CO)nnc3nc21. The second-order valence-corrected chi connectivity index (χ2v) is 6.31. The summed E-state index contributed by atoms with van der Waals surface area (Å²) in [6, 6.07) is 7.57. The highest BCUT2D eigenvalue weighted by atomic mass is 16.4. The standard InChI is InChI=1S/C16H18N6O5/c1-21-8-5-3-2-4-7(8)10-14(21)17-16-19-18-15(22(16)20-10)13(27)12(26)11(25)9(24)6-23/h2-5,9,11-13,23-27H,6H2,1H3/t9-,11+,12+,13-/m1/s1. The topological polar surface area (TPSA) is 162 Å². The minimum Gasteiger partial charge on any atom is -0.394 e. The lowest BCUT2D eigenvalue weighted by atomic mass is 10.0. The maximum absolute atomic E-state index is 10.4. The monoisotopic (exact) mass is 374 g/mol. The zero-order valence-electron chi connectivity index (χ0n) is 14.2. The van der Waals surface area contributed by atoms with Gasteiger partial charge in [0.25, 0.3) is 5.78 Å². The third-order valence-corrected chi connectivity index (χ3v) is 4.62. The third-order valence-electron chi connectivity index (χ3n) is 4.62. The molecule has 3 aromatic heterocycles. The van der Waals surface area contributed by atoms with E-state index in [9.17, 15) is 20.4 Å². The fourth-order valence-corrected chi connectivity index (χ4v) is 3.09. The largest absolute Gasteiger partial charge is 0.394 e. The average molecular weight is 374 g/mol. The molecular formula is C16H18N6O5. The van der Waals surface area contributed by atoms with Gasteiger partial charge >= 0.3 is 0 Å². The molecule has 11 nitrogen and oxygen atoms in total. The Hall–Kier alpha value is -2.70. The number of hydrogen-bond donors (Lipinski definition) is 5. The maximum atomic E-state index is 10.4. The number of aryl methyl sites for hydroxylation is 1. The van der Waals surface area contributed by atoms with E-state index in [2.05, 4.69) is 20.3 Å². The molecular weight excluding hydrogens is 356 g/mol. The van der Waals surface area contributed by atoms with Crippen molar-refractivity contribution in [2.45, 2.75) is 24.4 Å². The minimum absolute atomic E-state index is 0.104. The summed E-state index contributed by atoms with van der Waals surface area (Å²) in [5.74, 6) is -0.0455. The van der Waals surface area contributed by atoms with Crippen molar-refractivity contribution in [3.8, 4) is 0 Å². The van der Waals surface area contributed by atoms with Crippen molar-refractivity contribution in [3.05, 3.63) is 30.1 Å². The highest BCUT2D eigenvalue weighted by Gasteiger charge is 2.34. The first-order valence-electron chi connectivity index (χ1n) is 8.23. The number of benzene rings is 1. The zero-order valence-corrected chi connectivity index (χ0v) is 14.2. The molecule has 0 bridgehead atoms. The number of aromatic nitrogens is 6. The number of aliphatic hydroxyl groups is 5. The van der Waals surface area contributed by atoms with E-state index in [0.29, 0.717) is 11.2 Å². The van der Waals surface area contributed by atoms with Gasteiger partial charge < -0.3 is 30.1 Å². The normalized spacial score (nSPS) is 16.8. The summed E-state index contributed by atoms with van der Waals surface area (Å²) in [5, 5.41) is 61.7. The van der Waals surface area contributed by atoms with Crippen LogP contribution in [-0.4, -0.2) is 79.8 Å². The van der Waals surface area contributed by atoms with Crippen molar-refractivity contribution < 1.29 is 25.5 Å². The van der Waals surface area contributed by atoms with E-state index < -0.39 is 31.0 Å². The molecule has 0 radical (unpaired) electrons. The molecule has 0 fully saturated rings. The Morgan fingerprint density at radius 3 is 2.52 bits per heavy atom. The van der Waals surface area contributed by atoms with Crippen molar-refractivity contribution in [3.63, 3.8) is 0 Å². The molecule has 4 atom stereocenters. The Kier molecular flexibility index (Phi) is 4.25. The molecule has 4 aromatic rings. The molecule has 3 heterocycles. The van der Waals surface area contributed by atoms with E-state index >= 15 is 0 Å². The van der Waals surface area contributed by atoms with E-state index in [1.54, 1.807) is 0 Å². The van der Waals surface area contributed by atoms with E-state index in [1.807, 2.05) is 35.9 Å². The molecule has 0 saturated heterocycles. The molecule has 5 N–H and O–H groups in total. The van der Waals surface area contributed by atoms with E-state index in [0.717, 1.165) is 10.9 Å². The van der Waals surface area contributed by atoms with Gasteiger partial charge in [-0.1, -0.05) is 18.2 Å². The van der Waals surface area contributed by atoms with Crippen LogP contribution in [0.25, 0.3) is 27.8 Å². The number of fused-ring (bicyclic) bond motifs is 4. The van der Waals surface area contributed by atoms with Gasteiger partial charge in [-0.25, -0.2) is 0 Å². The van der Waals surface area contributed by atoms with Crippen LogP contribution < -0.4 is 0 Å². The average Bonchev–Trinajstić information content (AvgIpc) is 3.23. The van der Waals surface area contributed by atoms with Gasteiger partial charge in [-0.3, -0.25) is 0 Å². The summed E-state index contributed by atoms with van der Waals surface area (Å²) in [6.45, 7) is -0.776. The lowest BCUT2D eigenvalue weighted by molar-refractivity contribution is -0.118. The smallest absolute Gasteiger partial charge is 0.274 e. The van der Waals surface area contributed by atoms with Crippen LogP contribution >= 0.6 is 0 Å². The minimum atomic E-state index is -1.82. The Morgan fingerprint density at radius 2 is 1.78 bits per heavy atom. The first-order chi connectivity index (χ1) is 12.9. The first kappa shape index (κ1) is 17.7. The van der Waals surface area contributed by atoms with Crippen LogP contribution in [0.3, 0.4) is 0 Å². The van der Waals surface area contributed by atoms with Crippen LogP contribution in [0.4, 0.5) is 0 Å². The van der Waals surface area contributed by atoms with Crippen LogP contribution in [0.1, 0.15) is 11.9 Å². The lowest BCUT2D eigenvalue weighted by Crippen LogP contribution is -2.43. The summed E-state index contributed by atoms with van der Waals surface area (Å²) in [6.07, 6.45) is -6.93. The quantitative estimate of drug-likeness (QED) is 0.273. The number of aliphatic hydroxyl groups excluding tert-OH is 5. The summed E-state index contributed by atoms with van der Waals surface area (Å²) in [5.41, 5.74) is 2.05. The molecule has 27 heavy (non-hydrogen) atoms. The fraction of sp³-hybridized carbons (Fsp3) is 0.375. The molecule has 0 aliphatic rings. The van der Waals surface area contributed by atoms with Gasteiger partial charge in [-0.15, -0.1) is 10.2 Å².